The number of methoxy groups -OCH3 is 2. The van der Waals surface area contributed by atoms with Crippen molar-refractivity contribution in [3.8, 4) is 28.5 Å². The Morgan fingerprint density at radius 2 is 1.77 bits per heavy atom. The minimum Gasteiger partial charge on any atom is -0.495 e. The second kappa shape index (κ2) is 14.9. The second-order valence-corrected chi connectivity index (χ2v) is 9.66. The van der Waals surface area contributed by atoms with Gasteiger partial charge in [-0.2, -0.15) is 5.10 Å². The van der Waals surface area contributed by atoms with Crippen LogP contribution < -0.4 is 4.74 Å². The summed E-state index contributed by atoms with van der Waals surface area (Å²) in [4.78, 5) is 24.1. The molecule has 4 rings (SSSR count). The van der Waals surface area contributed by atoms with Crippen molar-refractivity contribution in [1.82, 2.24) is 24.6 Å². The highest BCUT2D eigenvalue weighted by Crippen LogP contribution is 2.31. The van der Waals surface area contributed by atoms with Crippen molar-refractivity contribution in [2.75, 3.05) is 53.8 Å². The lowest BCUT2D eigenvalue weighted by Crippen LogP contribution is -2.43. The van der Waals surface area contributed by atoms with E-state index in [2.05, 4.69) is 4.98 Å². The number of aromatic nitrogens is 4. The van der Waals surface area contributed by atoms with Gasteiger partial charge in [0.05, 0.1) is 45.1 Å². The molecule has 1 aliphatic carbocycles. The Morgan fingerprint density at radius 1 is 1.03 bits per heavy atom. The van der Waals surface area contributed by atoms with Gasteiger partial charge in [0.25, 0.3) is 0 Å². The first-order chi connectivity index (χ1) is 19.1. The number of benzene rings is 1. The molecule has 0 aliphatic heterocycles. The third-order valence-corrected chi connectivity index (χ3v) is 6.98. The molecule has 3 aromatic rings. The van der Waals surface area contributed by atoms with E-state index in [1.807, 2.05) is 39.9 Å². The number of amides is 1. The highest BCUT2D eigenvalue weighted by Gasteiger charge is 2.27. The fourth-order valence-electron chi connectivity index (χ4n) is 4.67. The normalized spacial score (nSPS) is 13.6. The van der Waals surface area contributed by atoms with Gasteiger partial charge in [-0.25, -0.2) is 9.67 Å². The van der Waals surface area contributed by atoms with Crippen LogP contribution in [0.25, 0.3) is 22.8 Å². The summed E-state index contributed by atoms with van der Waals surface area (Å²) in [5.41, 5.74) is 1.67. The summed E-state index contributed by atoms with van der Waals surface area (Å²) in [5, 5.41) is 5.29. The number of carbonyl (C=O) groups is 1. The van der Waals surface area contributed by atoms with Crippen molar-refractivity contribution in [1.29, 1.82) is 0 Å². The van der Waals surface area contributed by atoms with Gasteiger partial charge in [0.15, 0.2) is 11.6 Å². The summed E-state index contributed by atoms with van der Waals surface area (Å²) in [6.07, 6.45) is 7.65. The quantitative estimate of drug-likeness (QED) is 0.257. The minimum atomic E-state index is -0.0256. The minimum absolute atomic E-state index is 0.0186. The maximum Gasteiger partial charge on any atom is 0.248 e. The Balaban J connectivity index is 1.49. The monoisotopic (exact) mass is 557 g/mol. The molecule has 0 atom stereocenters. The Labute approximate surface area is 234 Å². The van der Waals surface area contributed by atoms with Crippen LogP contribution in [0.1, 0.15) is 25.7 Å². The molecule has 0 bridgehead atoms. The number of hydrogen-bond acceptors (Lipinski definition) is 8. The van der Waals surface area contributed by atoms with Gasteiger partial charge in [-0.05, 0) is 43.2 Å². The summed E-state index contributed by atoms with van der Waals surface area (Å²) in [7, 11) is 3.21. The lowest BCUT2D eigenvalue weighted by atomic mass is 10.2. The van der Waals surface area contributed by atoms with E-state index in [1.165, 1.54) is 0 Å². The topological polar surface area (TPSA) is 101 Å². The third kappa shape index (κ3) is 7.98. The second-order valence-electron chi connectivity index (χ2n) is 9.25. The van der Waals surface area contributed by atoms with Gasteiger partial charge < -0.3 is 23.8 Å². The fraction of sp³-hybridized carbons (Fsp3) is 0.500. The van der Waals surface area contributed by atoms with Crippen molar-refractivity contribution in [3.05, 3.63) is 47.7 Å². The number of ether oxygens (including phenoxy) is 4. The number of pyridine rings is 1. The maximum absolute atomic E-state index is 13.2. The molecule has 10 nitrogen and oxygen atoms in total. The van der Waals surface area contributed by atoms with Crippen LogP contribution in [0.2, 0.25) is 5.02 Å². The highest BCUT2D eigenvalue weighted by atomic mass is 35.5. The van der Waals surface area contributed by atoms with Crippen LogP contribution in [0, 0.1) is 0 Å². The smallest absolute Gasteiger partial charge is 0.248 e. The van der Waals surface area contributed by atoms with Gasteiger partial charge in [0, 0.05) is 43.2 Å². The van der Waals surface area contributed by atoms with Crippen LogP contribution in [0.3, 0.4) is 0 Å². The molecular formula is C28H36ClN5O5. The van der Waals surface area contributed by atoms with Crippen LogP contribution in [0.5, 0.6) is 5.75 Å². The molecule has 1 saturated carbocycles. The predicted octanol–water partition coefficient (Wildman–Crippen LogP) is 4.12. The van der Waals surface area contributed by atoms with Crippen molar-refractivity contribution in [3.63, 3.8) is 0 Å². The summed E-state index contributed by atoms with van der Waals surface area (Å²) >= 11 is 6.43. The lowest BCUT2D eigenvalue weighted by Gasteiger charge is -2.29. The van der Waals surface area contributed by atoms with Crippen LogP contribution in [-0.2, 0) is 25.5 Å². The summed E-state index contributed by atoms with van der Waals surface area (Å²) in [6.45, 7) is 2.80. The molecular weight excluding hydrogens is 522 g/mol. The molecule has 0 radical (unpaired) electrons. The summed E-state index contributed by atoms with van der Waals surface area (Å²) < 4.78 is 23.2. The molecule has 1 aliphatic rings. The fourth-order valence-corrected chi connectivity index (χ4v) is 4.93. The maximum atomic E-state index is 13.2. The molecule has 11 heteroatoms. The zero-order valence-electron chi connectivity index (χ0n) is 22.6. The van der Waals surface area contributed by atoms with Crippen molar-refractivity contribution >= 4 is 17.5 Å². The SMILES string of the molecule is COCCOCCOCC(=O)N(CCn1nc(-c2ccncc2)nc1-c1ccc(OC)c(Cl)c1)C1CCCC1. The molecule has 1 amide bonds. The lowest BCUT2D eigenvalue weighted by molar-refractivity contribution is -0.139. The number of nitrogens with zero attached hydrogens (tertiary/aromatic N) is 5. The Kier molecular flexibility index (Phi) is 11.1. The van der Waals surface area contributed by atoms with E-state index in [0.29, 0.717) is 61.9 Å². The largest absolute Gasteiger partial charge is 0.495 e. The third-order valence-electron chi connectivity index (χ3n) is 6.69. The van der Waals surface area contributed by atoms with E-state index in [4.69, 9.17) is 40.6 Å². The molecule has 0 spiro atoms. The first-order valence-electron chi connectivity index (χ1n) is 13.2. The van der Waals surface area contributed by atoms with Crippen molar-refractivity contribution in [2.45, 2.75) is 38.3 Å². The van der Waals surface area contributed by atoms with Crippen LogP contribution in [0.4, 0.5) is 0 Å². The molecule has 1 aromatic carbocycles. The number of halogens is 1. The van der Waals surface area contributed by atoms with Gasteiger partial charge in [0.1, 0.15) is 12.4 Å². The number of rotatable bonds is 15. The highest BCUT2D eigenvalue weighted by molar-refractivity contribution is 6.32. The zero-order valence-corrected chi connectivity index (χ0v) is 23.3. The van der Waals surface area contributed by atoms with Gasteiger partial charge in [-0.1, -0.05) is 24.4 Å². The Bertz CT molecular complexity index is 1190. The average molecular weight is 558 g/mol. The standard InChI is InChI=1S/C28H36ClN5O5/c1-36-15-16-38-17-18-39-20-26(35)33(23-5-3-4-6-23)13-14-34-28(22-7-8-25(37-2)24(29)19-22)31-27(32-34)21-9-11-30-12-10-21/h7-12,19,23H,3-6,13-18,20H2,1-2H3. The Hall–Kier alpha value is -3.05. The molecule has 2 aromatic heterocycles. The van der Waals surface area contributed by atoms with Gasteiger partial charge in [-0.3, -0.25) is 9.78 Å². The van der Waals surface area contributed by atoms with E-state index >= 15 is 0 Å². The summed E-state index contributed by atoms with van der Waals surface area (Å²) in [5.74, 6) is 1.80. The van der Waals surface area contributed by atoms with Crippen LogP contribution >= 0.6 is 11.6 Å². The van der Waals surface area contributed by atoms with Crippen molar-refractivity contribution in [2.24, 2.45) is 0 Å². The molecule has 0 N–H and O–H groups in total. The number of carbonyl (C=O) groups excluding carboxylic acids is 1. The van der Waals surface area contributed by atoms with E-state index in [0.717, 1.165) is 36.8 Å². The van der Waals surface area contributed by atoms with Crippen molar-refractivity contribution < 1.29 is 23.7 Å². The molecule has 0 unspecified atom stereocenters. The van der Waals surface area contributed by atoms with Gasteiger partial charge in [-0.15, -0.1) is 0 Å². The molecule has 0 saturated heterocycles. The first kappa shape index (κ1) is 28.9. The van der Waals surface area contributed by atoms with Gasteiger partial charge >= 0.3 is 0 Å². The molecule has 39 heavy (non-hydrogen) atoms. The van der Waals surface area contributed by atoms with E-state index in [1.54, 1.807) is 26.6 Å². The van der Waals surface area contributed by atoms with E-state index < -0.39 is 0 Å². The number of hydrogen-bond donors (Lipinski definition) is 0. The van der Waals surface area contributed by atoms with Gasteiger partial charge in [0.2, 0.25) is 5.91 Å². The first-order valence-corrected chi connectivity index (χ1v) is 13.6. The average Bonchev–Trinajstić information content (AvgIpc) is 3.64. The summed E-state index contributed by atoms with van der Waals surface area (Å²) in [6, 6.07) is 9.47. The van der Waals surface area contributed by atoms with E-state index in [-0.39, 0.29) is 18.6 Å². The molecule has 1 fully saturated rings. The van der Waals surface area contributed by atoms with Crippen LogP contribution in [-0.4, -0.2) is 90.4 Å². The molecule has 2 heterocycles. The molecule has 210 valence electrons. The Morgan fingerprint density at radius 3 is 2.49 bits per heavy atom. The predicted molar refractivity (Wildman–Crippen MR) is 148 cm³/mol. The zero-order chi connectivity index (χ0) is 27.5. The van der Waals surface area contributed by atoms with Crippen LogP contribution in [0.15, 0.2) is 42.7 Å². The van der Waals surface area contributed by atoms with E-state index in [9.17, 15) is 4.79 Å².